The predicted molar refractivity (Wildman–Crippen MR) is 115 cm³/mol. The number of hydrogen-bond donors (Lipinski definition) is 0. The lowest BCUT2D eigenvalue weighted by atomic mass is 10.2. The number of benzene rings is 2. The van der Waals surface area contributed by atoms with Gasteiger partial charge in [-0.15, -0.1) is 0 Å². The minimum atomic E-state index is -3.38. The predicted octanol–water partition coefficient (Wildman–Crippen LogP) is 3.96. The maximum Gasteiger partial charge on any atom is 0.279 e. The van der Waals surface area contributed by atoms with Gasteiger partial charge in [0.15, 0.2) is 14.6 Å². The Balaban J connectivity index is 2.08. The van der Waals surface area contributed by atoms with Crippen molar-refractivity contribution in [2.45, 2.75) is 44.4 Å². The fourth-order valence-electron chi connectivity index (χ4n) is 3.03. The summed E-state index contributed by atoms with van der Waals surface area (Å²) in [7, 11) is -1.76. The first kappa shape index (κ1) is 21.3. The van der Waals surface area contributed by atoms with Crippen LogP contribution in [0.25, 0.3) is 10.2 Å². The highest BCUT2D eigenvalue weighted by atomic mass is 32.2. The van der Waals surface area contributed by atoms with E-state index in [9.17, 15) is 13.2 Å². The zero-order chi connectivity index (χ0) is 21.3. The molecule has 6 nitrogen and oxygen atoms in total. The summed E-state index contributed by atoms with van der Waals surface area (Å²) in [6.45, 7) is 7.90. The zero-order valence-electron chi connectivity index (χ0n) is 17.1. The van der Waals surface area contributed by atoms with E-state index in [1.54, 1.807) is 21.0 Å². The third-order valence-electron chi connectivity index (χ3n) is 4.77. The molecule has 0 radical (unpaired) electrons. The molecule has 0 aliphatic heterocycles. The SMILES string of the molecule is CCn1c(=NC(=O)c2ccc(S(=O)(=O)C(C)C)cc2)sc2c(C)ccc(OC)c21. The van der Waals surface area contributed by atoms with E-state index in [-0.39, 0.29) is 4.90 Å². The Kier molecular flexibility index (Phi) is 5.95. The molecular weight excluding hydrogens is 408 g/mol. The Hall–Kier alpha value is -2.45. The number of rotatable bonds is 5. The molecule has 0 atom stereocenters. The van der Waals surface area contributed by atoms with Crippen LogP contribution >= 0.6 is 11.3 Å². The highest BCUT2D eigenvalue weighted by Crippen LogP contribution is 2.30. The van der Waals surface area contributed by atoms with Gasteiger partial charge in [0.1, 0.15) is 11.3 Å². The molecule has 1 heterocycles. The van der Waals surface area contributed by atoms with Gasteiger partial charge in [-0.2, -0.15) is 4.99 Å². The topological polar surface area (TPSA) is 77.7 Å². The molecule has 0 aliphatic carbocycles. The van der Waals surface area contributed by atoms with Crippen molar-refractivity contribution in [2.75, 3.05) is 7.11 Å². The van der Waals surface area contributed by atoms with Crippen LogP contribution < -0.4 is 9.54 Å². The number of aryl methyl sites for hydroxylation is 2. The van der Waals surface area contributed by atoms with Gasteiger partial charge in [0.2, 0.25) is 0 Å². The molecule has 0 aliphatic rings. The van der Waals surface area contributed by atoms with E-state index in [0.717, 1.165) is 21.5 Å². The smallest absolute Gasteiger partial charge is 0.279 e. The summed E-state index contributed by atoms with van der Waals surface area (Å²) in [5, 5.41) is -0.519. The number of thiazole rings is 1. The Morgan fingerprint density at radius 3 is 2.38 bits per heavy atom. The molecule has 3 aromatic rings. The largest absolute Gasteiger partial charge is 0.495 e. The number of sulfone groups is 1. The number of amides is 1. The van der Waals surface area contributed by atoms with E-state index in [1.165, 1.54) is 35.6 Å². The average molecular weight is 433 g/mol. The molecule has 1 amide bonds. The fourth-order valence-corrected chi connectivity index (χ4v) is 5.27. The summed E-state index contributed by atoms with van der Waals surface area (Å²) in [5.74, 6) is 0.324. The summed E-state index contributed by atoms with van der Waals surface area (Å²) >= 11 is 1.44. The molecule has 8 heteroatoms. The quantitative estimate of drug-likeness (QED) is 0.611. The van der Waals surface area contributed by atoms with Crippen LogP contribution in [0.1, 0.15) is 36.7 Å². The summed E-state index contributed by atoms with van der Waals surface area (Å²) < 4.78 is 33.0. The first-order valence-corrected chi connectivity index (χ1v) is 11.7. The Bertz CT molecular complexity index is 1230. The molecule has 0 N–H and O–H groups in total. The van der Waals surface area contributed by atoms with Gasteiger partial charge in [0, 0.05) is 12.1 Å². The van der Waals surface area contributed by atoms with Gasteiger partial charge >= 0.3 is 0 Å². The summed E-state index contributed by atoms with van der Waals surface area (Å²) in [6.07, 6.45) is 0. The van der Waals surface area contributed by atoms with E-state index in [1.807, 2.05) is 30.5 Å². The zero-order valence-corrected chi connectivity index (χ0v) is 18.7. The summed E-state index contributed by atoms with van der Waals surface area (Å²) in [5.41, 5.74) is 2.35. The second-order valence-electron chi connectivity index (χ2n) is 6.93. The second-order valence-corrected chi connectivity index (χ2v) is 10.4. The summed E-state index contributed by atoms with van der Waals surface area (Å²) in [6, 6.07) is 9.84. The van der Waals surface area contributed by atoms with E-state index < -0.39 is 21.0 Å². The van der Waals surface area contributed by atoms with Crippen LogP contribution in [0.5, 0.6) is 5.75 Å². The normalized spacial score (nSPS) is 12.7. The third kappa shape index (κ3) is 3.86. The van der Waals surface area contributed by atoms with Crippen molar-refractivity contribution in [3.8, 4) is 5.75 Å². The number of fused-ring (bicyclic) bond motifs is 1. The van der Waals surface area contributed by atoms with Crippen molar-refractivity contribution >= 4 is 37.3 Å². The van der Waals surface area contributed by atoms with E-state index >= 15 is 0 Å². The Morgan fingerprint density at radius 1 is 1.17 bits per heavy atom. The molecule has 29 heavy (non-hydrogen) atoms. The highest BCUT2D eigenvalue weighted by molar-refractivity contribution is 7.92. The van der Waals surface area contributed by atoms with Gasteiger partial charge in [0.25, 0.3) is 5.91 Å². The Morgan fingerprint density at radius 2 is 1.83 bits per heavy atom. The standard InChI is InChI=1S/C21H24N2O4S2/c1-6-23-18-17(27-5)12-7-14(4)19(18)28-21(23)22-20(24)15-8-10-16(11-9-15)29(25,26)13(2)3/h7-13H,6H2,1-5H3. The molecule has 154 valence electrons. The number of carbonyl (C=O) groups is 1. The van der Waals surface area contributed by atoms with Crippen LogP contribution in [-0.2, 0) is 16.4 Å². The monoisotopic (exact) mass is 432 g/mol. The molecular formula is C21H24N2O4S2. The maximum absolute atomic E-state index is 12.7. The lowest BCUT2D eigenvalue weighted by Gasteiger charge is -2.08. The summed E-state index contributed by atoms with van der Waals surface area (Å²) in [4.78, 5) is 17.8. The van der Waals surface area contributed by atoms with Gasteiger partial charge < -0.3 is 9.30 Å². The number of methoxy groups -OCH3 is 1. The van der Waals surface area contributed by atoms with Gasteiger partial charge in [-0.3, -0.25) is 4.79 Å². The number of hydrogen-bond acceptors (Lipinski definition) is 5. The first-order chi connectivity index (χ1) is 13.7. The molecule has 0 spiro atoms. The number of aromatic nitrogens is 1. The number of nitrogens with zero attached hydrogens (tertiary/aromatic N) is 2. The van der Waals surface area contributed by atoms with Crippen LogP contribution in [-0.4, -0.2) is 31.3 Å². The molecule has 2 aromatic carbocycles. The number of ether oxygens (including phenoxy) is 1. The van der Waals surface area contributed by atoms with Crippen molar-refractivity contribution in [1.29, 1.82) is 0 Å². The third-order valence-corrected chi connectivity index (χ3v) is 8.15. The van der Waals surface area contributed by atoms with Crippen LogP contribution in [0.15, 0.2) is 46.3 Å². The van der Waals surface area contributed by atoms with Gasteiger partial charge in [-0.25, -0.2) is 8.42 Å². The van der Waals surface area contributed by atoms with Crippen molar-refractivity contribution in [3.05, 3.63) is 52.3 Å². The Labute approximate surface area is 174 Å². The van der Waals surface area contributed by atoms with Crippen molar-refractivity contribution in [2.24, 2.45) is 4.99 Å². The van der Waals surface area contributed by atoms with Crippen molar-refractivity contribution < 1.29 is 17.9 Å². The molecule has 0 saturated heterocycles. The maximum atomic E-state index is 12.7. The number of carbonyl (C=O) groups excluding carboxylic acids is 1. The second kappa shape index (κ2) is 8.12. The molecule has 0 saturated carbocycles. The fraction of sp³-hybridized carbons (Fsp3) is 0.333. The lowest BCUT2D eigenvalue weighted by molar-refractivity contribution is 0.0997. The van der Waals surface area contributed by atoms with Crippen LogP contribution in [0.4, 0.5) is 0 Å². The first-order valence-electron chi connectivity index (χ1n) is 9.30. The molecule has 1 aromatic heterocycles. The highest BCUT2D eigenvalue weighted by Gasteiger charge is 2.19. The molecule has 0 fully saturated rings. The minimum absolute atomic E-state index is 0.204. The molecule has 0 bridgehead atoms. The van der Waals surface area contributed by atoms with Crippen molar-refractivity contribution in [3.63, 3.8) is 0 Å². The van der Waals surface area contributed by atoms with Crippen LogP contribution in [0.2, 0.25) is 0 Å². The average Bonchev–Trinajstić information content (AvgIpc) is 3.07. The minimum Gasteiger partial charge on any atom is -0.495 e. The van der Waals surface area contributed by atoms with E-state index in [2.05, 4.69) is 4.99 Å². The van der Waals surface area contributed by atoms with Gasteiger partial charge in [-0.1, -0.05) is 17.4 Å². The van der Waals surface area contributed by atoms with Crippen molar-refractivity contribution in [1.82, 2.24) is 4.57 Å². The van der Waals surface area contributed by atoms with E-state index in [0.29, 0.717) is 16.9 Å². The van der Waals surface area contributed by atoms with Crippen LogP contribution in [0.3, 0.4) is 0 Å². The molecule has 3 rings (SSSR count). The van der Waals surface area contributed by atoms with Crippen LogP contribution in [0, 0.1) is 6.92 Å². The lowest BCUT2D eigenvalue weighted by Crippen LogP contribution is -2.16. The van der Waals surface area contributed by atoms with Gasteiger partial charge in [0.05, 0.1) is 22.0 Å². The molecule has 0 unspecified atom stereocenters. The van der Waals surface area contributed by atoms with E-state index in [4.69, 9.17) is 4.74 Å². The van der Waals surface area contributed by atoms with Gasteiger partial charge in [-0.05, 0) is 63.6 Å².